The van der Waals surface area contributed by atoms with E-state index in [2.05, 4.69) is 5.32 Å². The van der Waals surface area contributed by atoms with Crippen molar-refractivity contribution in [3.63, 3.8) is 0 Å². The van der Waals surface area contributed by atoms with Gasteiger partial charge in [0, 0.05) is 30.8 Å². The Morgan fingerprint density at radius 3 is 2.79 bits per heavy atom. The van der Waals surface area contributed by atoms with E-state index >= 15 is 0 Å². The molecule has 2 aromatic carbocycles. The number of hydrogen-bond donors (Lipinski definition) is 1. The van der Waals surface area contributed by atoms with Gasteiger partial charge in [0.1, 0.15) is 5.82 Å². The standard InChI is InChI=1S/C19H19FN2O2/c1-2-18(23)22-9-8-14-10-13(6-7-17(14)22)12-21-19(24)15-4-3-5-16(20)11-15/h3-7,10-11H,2,8-9,12H2,1H3,(H,21,24). The van der Waals surface area contributed by atoms with Gasteiger partial charge in [-0.05, 0) is 41.8 Å². The molecule has 2 aromatic rings. The highest BCUT2D eigenvalue weighted by molar-refractivity contribution is 5.95. The number of rotatable bonds is 4. The maximum atomic E-state index is 13.2. The van der Waals surface area contributed by atoms with Crippen LogP contribution in [-0.4, -0.2) is 18.4 Å². The predicted octanol–water partition coefficient (Wildman–Crippen LogP) is 3.05. The molecule has 0 fully saturated rings. The second-order valence-corrected chi connectivity index (χ2v) is 5.81. The van der Waals surface area contributed by atoms with Crippen molar-refractivity contribution < 1.29 is 14.0 Å². The van der Waals surface area contributed by atoms with Crippen molar-refractivity contribution in [3.8, 4) is 0 Å². The highest BCUT2D eigenvalue weighted by Gasteiger charge is 2.23. The van der Waals surface area contributed by atoms with Gasteiger partial charge in [0.2, 0.25) is 5.91 Å². The quantitative estimate of drug-likeness (QED) is 0.939. The summed E-state index contributed by atoms with van der Waals surface area (Å²) in [5.74, 6) is -0.612. The minimum Gasteiger partial charge on any atom is -0.348 e. The van der Waals surface area contributed by atoms with E-state index in [-0.39, 0.29) is 11.8 Å². The Labute approximate surface area is 140 Å². The molecular formula is C19H19FN2O2. The lowest BCUT2D eigenvalue weighted by atomic mass is 10.1. The van der Waals surface area contributed by atoms with E-state index < -0.39 is 5.82 Å². The number of nitrogens with one attached hydrogen (secondary N) is 1. The highest BCUT2D eigenvalue weighted by Crippen LogP contribution is 2.29. The van der Waals surface area contributed by atoms with E-state index in [4.69, 9.17) is 0 Å². The minimum absolute atomic E-state index is 0.126. The van der Waals surface area contributed by atoms with Crippen molar-refractivity contribution in [1.29, 1.82) is 0 Å². The van der Waals surface area contributed by atoms with Gasteiger partial charge < -0.3 is 10.2 Å². The van der Waals surface area contributed by atoms with Crippen LogP contribution in [0.4, 0.5) is 10.1 Å². The number of benzene rings is 2. The third-order valence-electron chi connectivity index (χ3n) is 4.18. The monoisotopic (exact) mass is 326 g/mol. The van der Waals surface area contributed by atoms with Gasteiger partial charge in [0.05, 0.1) is 0 Å². The van der Waals surface area contributed by atoms with Crippen LogP contribution < -0.4 is 10.2 Å². The van der Waals surface area contributed by atoms with Gasteiger partial charge in [-0.1, -0.05) is 25.1 Å². The Morgan fingerprint density at radius 2 is 2.04 bits per heavy atom. The molecule has 1 N–H and O–H groups in total. The van der Waals surface area contributed by atoms with Crippen LogP contribution in [0, 0.1) is 5.82 Å². The van der Waals surface area contributed by atoms with Crippen molar-refractivity contribution in [1.82, 2.24) is 5.32 Å². The van der Waals surface area contributed by atoms with Crippen molar-refractivity contribution in [3.05, 3.63) is 65.0 Å². The molecule has 0 radical (unpaired) electrons. The van der Waals surface area contributed by atoms with Crippen molar-refractivity contribution in [2.24, 2.45) is 0 Å². The van der Waals surface area contributed by atoms with Crippen LogP contribution in [0.5, 0.6) is 0 Å². The summed E-state index contributed by atoms with van der Waals surface area (Å²) < 4.78 is 13.2. The Bertz CT molecular complexity index is 789. The molecule has 124 valence electrons. The molecule has 1 heterocycles. The van der Waals surface area contributed by atoms with E-state index in [1.807, 2.05) is 30.0 Å². The zero-order valence-corrected chi connectivity index (χ0v) is 13.5. The highest BCUT2D eigenvalue weighted by atomic mass is 19.1. The molecule has 1 aliphatic rings. The first kappa shape index (κ1) is 16.2. The summed E-state index contributed by atoms with van der Waals surface area (Å²) in [5, 5.41) is 2.79. The van der Waals surface area contributed by atoms with Gasteiger partial charge in [-0.3, -0.25) is 9.59 Å². The second kappa shape index (κ2) is 6.83. The molecule has 0 saturated heterocycles. The number of amides is 2. The smallest absolute Gasteiger partial charge is 0.251 e. The molecule has 0 atom stereocenters. The lowest BCUT2D eigenvalue weighted by molar-refractivity contribution is -0.118. The maximum Gasteiger partial charge on any atom is 0.251 e. The summed E-state index contributed by atoms with van der Waals surface area (Å²) in [6.07, 6.45) is 1.32. The van der Waals surface area contributed by atoms with Crippen LogP contribution >= 0.6 is 0 Å². The van der Waals surface area contributed by atoms with Gasteiger partial charge in [0.25, 0.3) is 5.91 Å². The number of carbonyl (C=O) groups excluding carboxylic acids is 2. The van der Waals surface area contributed by atoms with Gasteiger partial charge in [-0.25, -0.2) is 4.39 Å². The zero-order chi connectivity index (χ0) is 17.1. The van der Waals surface area contributed by atoms with E-state index in [9.17, 15) is 14.0 Å². The summed E-state index contributed by atoms with van der Waals surface area (Å²) in [6, 6.07) is 11.5. The third kappa shape index (κ3) is 3.30. The average molecular weight is 326 g/mol. The Kier molecular flexibility index (Phi) is 4.60. The van der Waals surface area contributed by atoms with Crippen LogP contribution in [0.3, 0.4) is 0 Å². The summed E-state index contributed by atoms with van der Waals surface area (Å²) in [4.78, 5) is 25.8. The van der Waals surface area contributed by atoms with Crippen molar-refractivity contribution in [2.45, 2.75) is 26.3 Å². The fourth-order valence-corrected chi connectivity index (χ4v) is 2.93. The molecule has 0 aromatic heterocycles. The van der Waals surface area contributed by atoms with Gasteiger partial charge >= 0.3 is 0 Å². The number of nitrogens with zero attached hydrogens (tertiary/aromatic N) is 1. The molecule has 0 unspecified atom stereocenters. The van der Waals surface area contributed by atoms with Crippen LogP contribution in [0.1, 0.15) is 34.8 Å². The molecule has 3 rings (SSSR count). The molecule has 0 bridgehead atoms. The number of hydrogen-bond acceptors (Lipinski definition) is 2. The lowest BCUT2D eigenvalue weighted by Gasteiger charge is -2.16. The van der Waals surface area contributed by atoms with E-state index in [0.29, 0.717) is 25.1 Å². The predicted molar refractivity (Wildman–Crippen MR) is 90.4 cm³/mol. The number of halogens is 1. The molecule has 1 aliphatic heterocycles. The summed E-state index contributed by atoms with van der Waals surface area (Å²) in [7, 11) is 0. The normalized spacial score (nSPS) is 12.8. The van der Waals surface area contributed by atoms with Crippen LogP contribution in [0.25, 0.3) is 0 Å². The van der Waals surface area contributed by atoms with E-state index in [0.717, 1.165) is 23.2 Å². The zero-order valence-electron chi connectivity index (χ0n) is 13.5. The fourth-order valence-electron chi connectivity index (χ4n) is 2.93. The Balaban J connectivity index is 1.67. The molecule has 5 heteroatoms. The summed E-state index contributed by atoms with van der Waals surface area (Å²) >= 11 is 0. The molecule has 0 aliphatic carbocycles. The SMILES string of the molecule is CCC(=O)N1CCc2cc(CNC(=O)c3cccc(F)c3)ccc21. The van der Waals surface area contributed by atoms with Crippen LogP contribution in [0.2, 0.25) is 0 Å². The van der Waals surface area contributed by atoms with Gasteiger partial charge in [-0.2, -0.15) is 0 Å². The molecule has 2 amide bonds. The minimum atomic E-state index is -0.430. The van der Waals surface area contributed by atoms with Crippen molar-refractivity contribution >= 4 is 17.5 Å². The first-order valence-electron chi connectivity index (χ1n) is 8.04. The van der Waals surface area contributed by atoms with Crippen LogP contribution in [0.15, 0.2) is 42.5 Å². The lowest BCUT2D eigenvalue weighted by Crippen LogP contribution is -2.27. The van der Waals surface area contributed by atoms with E-state index in [1.54, 1.807) is 6.07 Å². The first-order chi connectivity index (χ1) is 11.6. The van der Waals surface area contributed by atoms with Gasteiger partial charge in [0.15, 0.2) is 0 Å². The molecule has 0 spiro atoms. The Hall–Kier alpha value is -2.69. The van der Waals surface area contributed by atoms with Gasteiger partial charge in [-0.15, -0.1) is 0 Å². The number of carbonyl (C=O) groups is 2. The Morgan fingerprint density at radius 1 is 1.21 bits per heavy atom. The topological polar surface area (TPSA) is 49.4 Å². The average Bonchev–Trinajstić information content (AvgIpc) is 3.02. The number of fused-ring (bicyclic) bond motifs is 1. The van der Waals surface area contributed by atoms with Crippen molar-refractivity contribution in [2.75, 3.05) is 11.4 Å². The number of anilines is 1. The molecule has 4 nitrogen and oxygen atoms in total. The summed E-state index contributed by atoms with van der Waals surface area (Å²) in [6.45, 7) is 2.93. The molecule has 0 saturated carbocycles. The molecular weight excluding hydrogens is 307 g/mol. The summed E-state index contributed by atoms with van der Waals surface area (Å²) in [5.41, 5.74) is 3.34. The first-order valence-corrected chi connectivity index (χ1v) is 8.04. The second-order valence-electron chi connectivity index (χ2n) is 5.81. The van der Waals surface area contributed by atoms with E-state index in [1.165, 1.54) is 18.2 Å². The fraction of sp³-hybridized carbons (Fsp3) is 0.263. The third-order valence-corrected chi connectivity index (χ3v) is 4.18. The largest absolute Gasteiger partial charge is 0.348 e. The molecule has 24 heavy (non-hydrogen) atoms. The van der Waals surface area contributed by atoms with Crippen LogP contribution in [-0.2, 0) is 17.8 Å². The maximum absolute atomic E-state index is 13.2.